The Morgan fingerprint density at radius 1 is 0.943 bits per heavy atom. The van der Waals surface area contributed by atoms with E-state index in [2.05, 4.69) is 76.6 Å². The van der Waals surface area contributed by atoms with E-state index < -0.39 is 15.4 Å². The fraction of sp³-hybridized carbons (Fsp3) is 0.333. The van der Waals surface area contributed by atoms with Crippen molar-refractivity contribution in [2.45, 2.75) is 25.7 Å². The van der Waals surface area contributed by atoms with Crippen molar-refractivity contribution >= 4 is 21.9 Å². The van der Waals surface area contributed by atoms with E-state index in [4.69, 9.17) is 0 Å². The van der Waals surface area contributed by atoms with Crippen LogP contribution in [0.15, 0.2) is 72.0 Å². The molecular formula is C27H32N4O3S. The van der Waals surface area contributed by atoms with Crippen LogP contribution in [0.1, 0.15) is 34.4 Å². The normalized spacial score (nSPS) is 16.9. The Bertz CT molecular complexity index is 1280. The Balaban J connectivity index is 1.76. The molecule has 7 nitrogen and oxygen atoms in total. The fourth-order valence-electron chi connectivity index (χ4n) is 4.92. The van der Waals surface area contributed by atoms with Gasteiger partial charge in [-0.2, -0.15) is 4.31 Å². The van der Waals surface area contributed by atoms with Gasteiger partial charge in [0.2, 0.25) is 10.0 Å². The number of rotatable bonds is 7. The fourth-order valence-corrected chi connectivity index (χ4v) is 5.74. The zero-order chi connectivity index (χ0) is 25.1. The summed E-state index contributed by atoms with van der Waals surface area (Å²) in [5.41, 5.74) is 5.83. The number of aromatic nitrogens is 1. The van der Waals surface area contributed by atoms with Gasteiger partial charge in [-0.05, 0) is 54.8 Å². The Morgan fingerprint density at radius 2 is 1.54 bits per heavy atom. The lowest BCUT2D eigenvalue weighted by Crippen LogP contribution is -2.48. The van der Waals surface area contributed by atoms with Gasteiger partial charge in [0.15, 0.2) is 0 Å². The average Bonchev–Trinajstić information content (AvgIpc) is 2.85. The maximum atomic E-state index is 11.9. The van der Waals surface area contributed by atoms with Gasteiger partial charge in [-0.25, -0.2) is 8.42 Å². The molecule has 4 rings (SSSR count). The van der Waals surface area contributed by atoms with Crippen molar-refractivity contribution in [2.75, 3.05) is 37.3 Å². The SMILES string of the molecule is Cc1ccc([C@](C/C=N/O)(c2ccc(N3CCN(S(C)(=O)=O)CC3)cc2)c2ccnc(C)c2)cc1. The smallest absolute Gasteiger partial charge is 0.211 e. The molecule has 0 aliphatic carbocycles. The minimum Gasteiger partial charge on any atom is -0.411 e. The monoisotopic (exact) mass is 492 g/mol. The average molecular weight is 493 g/mol. The van der Waals surface area contributed by atoms with E-state index in [9.17, 15) is 13.6 Å². The molecule has 1 fully saturated rings. The van der Waals surface area contributed by atoms with Gasteiger partial charge in [0.05, 0.1) is 11.7 Å². The summed E-state index contributed by atoms with van der Waals surface area (Å²) in [4.78, 5) is 6.61. The molecule has 0 amide bonds. The van der Waals surface area contributed by atoms with Gasteiger partial charge in [-0.3, -0.25) is 4.98 Å². The molecule has 1 N–H and O–H groups in total. The van der Waals surface area contributed by atoms with Gasteiger partial charge in [-0.15, -0.1) is 5.16 Å². The van der Waals surface area contributed by atoms with Crippen LogP contribution in [0.4, 0.5) is 5.69 Å². The van der Waals surface area contributed by atoms with Crippen molar-refractivity contribution in [1.29, 1.82) is 0 Å². The lowest BCUT2D eigenvalue weighted by Gasteiger charge is -2.37. The van der Waals surface area contributed by atoms with E-state index in [1.54, 1.807) is 6.21 Å². The third kappa shape index (κ3) is 5.23. The van der Waals surface area contributed by atoms with Crippen LogP contribution in [0.2, 0.25) is 0 Å². The number of piperazine rings is 1. The van der Waals surface area contributed by atoms with Gasteiger partial charge in [0.25, 0.3) is 0 Å². The number of oxime groups is 1. The molecule has 0 saturated carbocycles. The van der Waals surface area contributed by atoms with Gasteiger partial charge < -0.3 is 10.1 Å². The first-order valence-electron chi connectivity index (χ1n) is 11.7. The number of pyridine rings is 1. The molecule has 35 heavy (non-hydrogen) atoms. The quantitative estimate of drug-likeness (QED) is 0.306. The van der Waals surface area contributed by atoms with Crippen LogP contribution in [0.5, 0.6) is 0 Å². The molecule has 1 atom stereocenters. The lowest BCUT2D eigenvalue weighted by molar-refractivity contribution is 0.319. The van der Waals surface area contributed by atoms with Crippen LogP contribution in [-0.4, -0.2) is 61.6 Å². The summed E-state index contributed by atoms with van der Waals surface area (Å²) in [5, 5.41) is 12.7. The minimum absolute atomic E-state index is 0.475. The van der Waals surface area contributed by atoms with E-state index in [1.165, 1.54) is 16.1 Å². The van der Waals surface area contributed by atoms with E-state index in [0.29, 0.717) is 32.6 Å². The van der Waals surface area contributed by atoms with Gasteiger partial charge in [0, 0.05) is 56.4 Å². The molecule has 0 bridgehead atoms. The van der Waals surface area contributed by atoms with Crippen molar-refractivity contribution in [2.24, 2.45) is 5.16 Å². The van der Waals surface area contributed by atoms with Crippen LogP contribution < -0.4 is 4.90 Å². The maximum Gasteiger partial charge on any atom is 0.211 e. The summed E-state index contributed by atoms with van der Waals surface area (Å²) >= 11 is 0. The molecule has 8 heteroatoms. The van der Waals surface area contributed by atoms with Crippen molar-refractivity contribution in [3.63, 3.8) is 0 Å². The predicted molar refractivity (Wildman–Crippen MR) is 140 cm³/mol. The van der Waals surface area contributed by atoms with Crippen LogP contribution >= 0.6 is 0 Å². The second-order valence-electron chi connectivity index (χ2n) is 9.16. The minimum atomic E-state index is -3.17. The van der Waals surface area contributed by atoms with Crippen molar-refractivity contribution in [1.82, 2.24) is 9.29 Å². The largest absolute Gasteiger partial charge is 0.411 e. The molecule has 0 unspecified atom stereocenters. The second kappa shape index (κ2) is 10.2. The Morgan fingerprint density at radius 3 is 2.09 bits per heavy atom. The summed E-state index contributed by atoms with van der Waals surface area (Å²) in [5.74, 6) is 0. The van der Waals surface area contributed by atoms with Crippen LogP contribution in [0, 0.1) is 13.8 Å². The third-order valence-electron chi connectivity index (χ3n) is 6.85. The van der Waals surface area contributed by atoms with Crippen LogP contribution in [0.25, 0.3) is 0 Å². The zero-order valence-electron chi connectivity index (χ0n) is 20.4. The van der Waals surface area contributed by atoms with Crippen LogP contribution in [0.3, 0.4) is 0 Å². The first kappa shape index (κ1) is 24.9. The molecule has 2 heterocycles. The van der Waals surface area contributed by atoms with Crippen molar-refractivity contribution < 1.29 is 13.6 Å². The predicted octanol–water partition coefficient (Wildman–Crippen LogP) is 3.96. The summed E-state index contributed by atoms with van der Waals surface area (Å²) in [6.07, 6.45) is 5.11. The van der Waals surface area contributed by atoms with Gasteiger partial charge in [-0.1, -0.05) is 42.0 Å². The number of aryl methyl sites for hydroxylation is 2. The summed E-state index contributed by atoms with van der Waals surface area (Å²) in [6, 6.07) is 21.0. The molecule has 1 saturated heterocycles. The van der Waals surface area contributed by atoms with E-state index in [-0.39, 0.29) is 0 Å². The Kier molecular flexibility index (Phi) is 7.23. The van der Waals surface area contributed by atoms with Crippen molar-refractivity contribution in [3.8, 4) is 0 Å². The first-order valence-corrected chi connectivity index (χ1v) is 13.6. The number of nitrogens with zero attached hydrogens (tertiary/aromatic N) is 4. The Hall–Kier alpha value is -3.23. The molecular weight excluding hydrogens is 460 g/mol. The number of benzene rings is 2. The van der Waals surface area contributed by atoms with E-state index in [0.717, 1.165) is 28.1 Å². The summed E-state index contributed by atoms with van der Waals surface area (Å²) < 4.78 is 25.2. The van der Waals surface area contributed by atoms with Gasteiger partial charge >= 0.3 is 0 Å². The standard InChI is InChI=1S/C27H32N4O3S/c1-21-4-6-23(7-5-21)27(13-15-29-32,25-12-14-28-22(2)20-25)24-8-10-26(11-9-24)30-16-18-31(19-17-30)35(3,33)34/h4-12,14-15,20,32H,13,16-19H2,1-3H3/b29-15+/t27-/m1/s1. The highest BCUT2D eigenvalue weighted by Gasteiger charge is 2.36. The van der Waals surface area contributed by atoms with Crippen LogP contribution in [-0.2, 0) is 15.4 Å². The summed E-state index contributed by atoms with van der Waals surface area (Å²) in [7, 11) is -3.17. The van der Waals surface area contributed by atoms with Gasteiger partial charge in [0.1, 0.15) is 0 Å². The molecule has 2 aromatic carbocycles. The zero-order valence-corrected chi connectivity index (χ0v) is 21.2. The number of hydrogen-bond acceptors (Lipinski definition) is 6. The topological polar surface area (TPSA) is 86.1 Å². The maximum absolute atomic E-state index is 11.9. The molecule has 3 aromatic rings. The molecule has 1 aliphatic heterocycles. The molecule has 0 radical (unpaired) electrons. The van der Waals surface area contributed by atoms with E-state index >= 15 is 0 Å². The molecule has 1 aromatic heterocycles. The Labute approximate surface area is 207 Å². The highest BCUT2D eigenvalue weighted by Crippen LogP contribution is 2.42. The molecule has 1 aliphatic rings. The molecule has 0 spiro atoms. The van der Waals surface area contributed by atoms with Crippen molar-refractivity contribution in [3.05, 3.63) is 94.8 Å². The van der Waals surface area contributed by atoms with E-state index in [1.807, 2.05) is 19.2 Å². The highest BCUT2D eigenvalue weighted by atomic mass is 32.2. The number of hydrogen-bond donors (Lipinski definition) is 1. The third-order valence-corrected chi connectivity index (χ3v) is 8.15. The number of sulfonamides is 1. The first-order chi connectivity index (χ1) is 16.7. The lowest BCUT2D eigenvalue weighted by atomic mass is 9.67. The second-order valence-corrected chi connectivity index (χ2v) is 11.1. The molecule has 184 valence electrons. The summed E-state index contributed by atoms with van der Waals surface area (Å²) in [6.45, 7) is 6.30. The highest BCUT2D eigenvalue weighted by molar-refractivity contribution is 7.88. The number of anilines is 1.